The first kappa shape index (κ1) is 14.8. The van der Waals surface area contributed by atoms with Crippen molar-refractivity contribution in [2.75, 3.05) is 0 Å². The van der Waals surface area contributed by atoms with Gasteiger partial charge in [-0.15, -0.1) is 0 Å². The second-order valence-electron chi connectivity index (χ2n) is 4.26. The second-order valence-corrected chi connectivity index (χ2v) is 4.69. The van der Waals surface area contributed by atoms with Crippen molar-refractivity contribution >= 4 is 23.3 Å². The zero-order valence-corrected chi connectivity index (χ0v) is 11.6. The van der Waals surface area contributed by atoms with E-state index in [1.54, 1.807) is 6.92 Å². The van der Waals surface area contributed by atoms with Crippen LogP contribution in [0.5, 0.6) is 11.5 Å². The van der Waals surface area contributed by atoms with Crippen LogP contribution in [0.15, 0.2) is 36.4 Å². The summed E-state index contributed by atoms with van der Waals surface area (Å²) < 4.78 is 5.50. The second kappa shape index (κ2) is 5.80. The Morgan fingerprint density at radius 1 is 1.24 bits per heavy atom. The fourth-order valence-electron chi connectivity index (χ4n) is 1.73. The first-order valence-electron chi connectivity index (χ1n) is 5.84. The van der Waals surface area contributed by atoms with Crippen LogP contribution in [0.1, 0.15) is 15.9 Å². The number of carbonyl (C=O) groups is 1. The Morgan fingerprint density at radius 3 is 2.48 bits per heavy atom. The van der Waals surface area contributed by atoms with Crippen LogP contribution in [0.25, 0.3) is 0 Å². The van der Waals surface area contributed by atoms with E-state index in [4.69, 9.17) is 21.4 Å². The van der Waals surface area contributed by atoms with Crippen molar-refractivity contribution in [3.63, 3.8) is 0 Å². The summed E-state index contributed by atoms with van der Waals surface area (Å²) in [4.78, 5) is 21.2. The lowest BCUT2D eigenvalue weighted by Gasteiger charge is -2.09. The van der Waals surface area contributed by atoms with Crippen molar-refractivity contribution < 1.29 is 19.6 Å². The summed E-state index contributed by atoms with van der Waals surface area (Å²) in [5.74, 6) is -0.678. The topological polar surface area (TPSA) is 89.7 Å². The number of aryl methyl sites for hydroxylation is 1. The first-order chi connectivity index (χ1) is 9.88. The maximum atomic E-state index is 11.0. The van der Waals surface area contributed by atoms with Crippen LogP contribution in [0, 0.1) is 17.0 Å². The van der Waals surface area contributed by atoms with Gasteiger partial charge in [0.15, 0.2) is 0 Å². The molecule has 108 valence electrons. The molecule has 2 aromatic rings. The van der Waals surface area contributed by atoms with E-state index in [0.717, 1.165) is 0 Å². The number of carboxylic acids is 1. The monoisotopic (exact) mass is 307 g/mol. The van der Waals surface area contributed by atoms with Crippen LogP contribution in [0.2, 0.25) is 5.02 Å². The number of hydrogen-bond donors (Lipinski definition) is 1. The third-order valence-electron chi connectivity index (χ3n) is 2.76. The van der Waals surface area contributed by atoms with Gasteiger partial charge in [0.05, 0.1) is 10.5 Å². The number of halogens is 1. The molecule has 1 N–H and O–H groups in total. The van der Waals surface area contributed by atoms with Crippen molar-refractivity contribution in [2.45, 2.75) is 6.92 Å². The highest BCUT2D eigenvalue weighted by molar-refractivity contribution is 6.30. The van der Waals surface area contributed by atoms with Gasteiger partial charge in [0.2, 0.25) is 5.75 Å². The van der Waals surface area contributed by atoms with Crippen molar-refractivity contribution in [1.82, 2.24) is 0 Å². The van der Waals surface area contributed by atoms with Crippen LogP contribution in [0.4, 0.5) is 5.69 Å². The third-order valence-corrected chi connectivity index (χ3v) is 2.99. The van der Waals surface area contributed by atoms with Crippen molar-refractivity contribution in [3.05, 3.63) is 62.7 Å². The molecule has 0 aliphatic heterocycles. The molecule has 0 spiro atoms. The summed E-state index contributed by atoms with van der Waals surface area (Å²) in [5, 5.41) is 20.1. The largest absolute Gasteiger partial charge is 0.478 e. The average molecular weight is 308 g/mol. The van der Waals surface area contributed by atoms with E-state index >= 15 is 0 Å². The van der Waals surface area contributed by atoms with Crippen molar-refractivity contribution in [2.24, 2.45) is 0 Å². The van der Waals surface area contributed by atoms with Gasteiger partial charge in [-0.2, -0.15) is 0 Å². The fraction of sp³-hybridized carbons (Fsp3) is 0.0714. The van der Waals surface area contributed by atoms with E-state index in [-0.39, 0.29) is 22.0 Å². The highest BCUT2D eigenvalue weighted by atomic mass is 35.5. The summed E-state index contributed by atoms with van der Waals surface area (Å²) in [7, 11) is 0. The minimum absolute atomic E-state index is 0.0376. The molecule has 0 unspecified atom stereocenters. The van der Waals surface area contributed by atoms with E-state index in [2.05, 4.69) is 0 Å². The molecule has 2 rings (SSSR count). The van der Waals surface area contributed by atoms with Gasteiger partial charge in [-0.25, -0.2) is 4.79 Å². The van der Waals surface area contributed by atoms with Crippen molar-refractivity contribution in [1.29, 1.82) is 0 Å². The van der Waals surface area contributed by atoms with Gasteiger partial charge >= 0.3 is 11.7 Å². The number of benzene rings is 2. The van der Waals surface area contributed by atoms with Crippen LogP contribution in [-0.4, -0.2) is 16.0 Å². The Bertz CT molecular complexity index is 729. The number of hydrogen-bond acceptors (Lipinski definition) is 4. The normalized spacial score (nSPS) is 10.2. The third kappa shape index (κ3) is 3.29. The predicted octanol–water partition coefficient (Wildman–Crippen LogP) is 4.05. The number of ether oxygens (including phenoxy) is 1. The lowest BCUT2D eigenvalue weighted by molar-refractivity contribution is -0.385. The summed E-state index contributed by atoms with van der Waals surface area (Å²) >= 11 is 5.73. The Hall–Kier alpha value is -2.60. The van der Waals surface area contributed by atoms with Gasteiger partial charge in [0, 0.05) is 11.1 Å². The molecule has 0 radical (unpaired) electrons. The van der Waals surface area contributed by atoms with E-state index in [1.165, 1.54) is 36.4 Å². The molecule has 21 heavy (non-hydrogen) atoms. The highest BCUT2D eigenvalue weighted by Gasteiger charge is 2.17. The molecule has 0 atom stereocenters. The Labute approximate surface area is 124 Å². The molecule has 6 nitrogen and oxygen atoms in total. The maximum absolute atomic E-state index is 11.0. The molecule has 0 heterocycles. The fourth-order valence-corrected chi connectivity index (χ4v) is 1.90. The summed E-state index contributed by atoms with van der Waals surface area (Å²) in [6.45, 7) is 1.66. The molecule has 0 saturated heterocycles. The predicted molar refractivity (Wildman–Crippen MR) is 76.3 cm³/mol. The van der Waals surface area contributed by atoms with Crippen LogP contribution < -0.4 is 4.74 Å². The van der Waals surface area contributed by atoms with Gasteiger partial charge in [0.25, 0.3) is 0 Å². The first-order valence-corrected chi connectivity index (χ1v) is 6.22. The van der Waals surface area contributed by atoms with E-state index < -0.39 is 10.9 Å². The molecule has 7 heteroatoms. The summed E-state index contributed by atoms with van der Waals surface area (Å²) in [6.07, 6.45) is 0. The van der Waals surface area contributed by atoms with Crippen molar-refractivity contribution in [3.8, 4) is 11.5 Å². The molecule has 2 aromatic carbocycles. The molecule has 0 aliphatic rings. The highest BCUT2D eigenvalue weighted by Crippen LogP contribution is 2.34. The van der Waals surface area contributed by atoms with Crippen LogP contribution >= 0.6 is 11.6 Å². The van der Waals surface area contributed by atoms with Gasteiger partial charge in [0.1, 0.15) is 5.75 Å². The molecular weight excluding hydrogens is 298 g/mol. The standard InChI is InChI=1S/C14H10ClNO5/c1-8-6-9(14(17)18)2-4-12(8)21-13-5-3-10(15)7-11(13)16(19)20/h2-7H,1H3,(H,17,18). The summed E-state index contributed by atoms with van der Waals surface area (Å²) in [6, 6.07) is 8.32. The number of nitro benzene ring substituents is 1. The van der Waals surface area contributed by atoms with Crippen LogP contribution in [-0.2, 0) is 0 Å². The van der Waals surface area contributed by atoms with Gasteiger partial charge in [-0.05, 0) is 42.8 Å². The molecule has 0 amide bonds. The van der Waals surface area contributed by atoms with E-state index in [1.807, 2.05) is 0 Å². The molecular formula is C14H10ClNO5. The number of rotatable bonds is 4. The number of aromatic carboxylic acids is 1. The minimum Gasteiger partial charge on any atom is -0.478 e. The summed E-state index contributed by atoms with van der Waals surface area (Å²) in [5.41, 5.74) is 0.411. The Morgan fingerprint density at radius 2 is 1.90 bits per heavy atom. The molecule has 0 bridgehead atoms. The molecule has 0 fully saturated rings. The average Bonchev–Trinajstić information content (AvgIpc) is 2.42. The lowest BCUT2D eigenvalue weighted by atomic mass is 10.1. The van der Waals surface area contributed by atoms with Gasteiger partial charge < -0.3 is 9.84 Å². The van der Waals surface area contributed by atoms with Gasteiger partial charge in [-0.1, -0.05) is 11.6 Å². The van der Waals surface area contributed by atoms with Gasteiger partial charge in [-0.3, -0.25) is 10.1 Å². The van der Waals surface area contributed by atoms with Crippen LogP contribution in [0.3, 0.4) is 0 Å². The number of nitrogens with zero attached hydrogens (tertiary/aromatic N) is 1. The maximum Gasteiger partial charge on any atom is 0.335 e. The Balaban J connectivity index is 2.39. The minimum atomic E-state index is -1.05. The Kier molecular flexibility index (Phi) is 4.09. The van der Waals surface area contributed by atoms with E-state index in [9.17, 15) is 14.9 Å². The zero-order chi connectivity index (χ0) is 15.6. The molecule has 0 saturated carbocycles. The zero-order valence-electron chi connectivity index (χ0n) is 10.9. The SMILES string of the molecule is Cc1cc(C(=O)O)ccc1Oc1ccc(Cl)cc1[N+](=O)[O-]. The number of nitro groups is 1. The molecule has 0 aliphatic carbocycles. The number of carboxylic acid groups (broad SMARTS) is 1. The smallest absolute Gasteiger partial charge is 0.335 e. The molecule has 0 aromatic heterocycles. The lowest BCUT2D eigenvalue weighted by Crippen LogP contribution is -1.98. The van der Waals surface area contributed by atoms with E-state index in [0.29, 0.717) is 11.3 Å². The quantitative estimate of drug-likeness (QED) is 0.680.